The van der Waals surface area contributed by atoms with Crippen LogP contribution in [0.1, 0.15) is 17.4 Å². The molecule has 6 nitrogen and oxygen atoms in total. The number of nitrogens with one attached hydrogen (secondary N) is 1. The molecule has 0 saturated heterocycles. The SMILES string of the molecule is Cn1cnnc1C(Cc1ccccc1)NS(=O)(=O)c1ccc(Cl)cc1. The number of nitrogens with zero attached hydrogens (tertiary/aromatic N) is 3. The summed E-state index contributed by atoms with van der Waals surface area (Å²) in [6.45, 7) is 0. The van der Waals surface area contributed by atoms with Crippen molar-refractivity contribution < 1.29 is 8.42 Å². The first-order chi connectivity index (χ1) is 12.0. The molecule has 1 aromatic heterocycles. The monoisotopic (exact) mass is 376 g/mol. The highest BCUT2D eigenvalue weighted by atomic mass is 35.5. The quantitative estimate of drug-likeness (QED) is 0.717. The average Bonchev–Trinajstić information content (AvgIpc) is 3.01. The molecule has 0 aliphatic carbocycles. The van der Waals surface area contributed by atoms with Gasteiger partial charge >= 0.3 is 0 Å². The molecule has 8 heteroatoms. The molecule has 1 atom stereocenters. The molecule has 0 spiro atoms. The van der Waals surface area contributed by atoms with Gasteiger partial charge in [-0.3, -0.25) is 0 Å². The Hall–Kier alpha value is -2.22. The van der Waals surface area contributed by atoms with Crippen molar-refractivity contribution in [3.05, 3.63) is 77.3 Å². The van der Waals surface area contributed by atoms with Crippen molar-refractivity contribution in [2.45, 2.75) is 17.4 Å². The van der Waals surface area contributed by atoms with Crippen LogP contribution in [0.3, 0.4) is 0 Å². The van der Waals surface area contributed by atoms with Crippen molar-refractivity contribution in [2.24, 2.45) is 7.05 Å². The molecule has 0 amide bonds. The van der Waals surface area contributed by atoms with Crippen LogP contribution < -0.4 is 4.72 Å². The van der Waals surface area contributed by atoms with E-state index in [4.69, 9.17) is 11.6 Å². The summed E-state index contributed by atoms with van der Waals surface area (Å²) in [6, 6.07) is 15.1. The van der Waals surface area contributed by atoms with Gasteiger partial charge in [0.25, 0.3) is 0 Å². The highest BCUT2D eigenvalue weighted by molar-refractivity contribution is 7.89. The predicted molar refractivity (Wildman–Crippen MR) is 95.7 cm³/mol. The number of sulfonamides is 1. The number of rotatable bonds is 6. The van der Waals surface area contributed by atoms with E-state index in [1.54, 1.807) is 30.1 Å². The Morgan fingerprint density at radius 3 is 2.40 bits per heavy atom. The van der Waals surface area contributed by atoms with Crippen LogP contribution in [0.2, 0.25) is 5.02 Å². The van der Waals surface area contributed by atoms with E-state index in [1.807, 2.05) is 30.3 Å². The first kappa shape index (κ1) is 17.6. The van der Waals surface area contributed by atoms with Crippen LogP contribution in [0.15, 0.2) is 65.8 Å². The van der Waals surface area contributed by atoms with Crippen LogP contribution >= 0.6 is 11.6 Å². The maximum absolute atomic E-state index is 12.7. The Bertz CT molecular complexity index is 940. The lowest BCUT2D eigenvalue weighted by molar-refractivity contribution is 0.533. The topological polar surface area (TPSA) is 76.9 Å². The lowest BCUT2D eigenvalue weighted by Gasteiger charge is -2.18. The van der Waals surface area contributed by atoms with Gasteiger partial charge in [-0.05, 0) is 36.2 Å². The van der Waals surface area contributed by atoms with Gasteiger partial charge in [0, 0.05) is 12.1 Å². The highest BCUT2D eigenvalue weighted by Gasteiger charge is 2.25. The third-order valence-electron chi connectivity index (χ3n) is 3.76. The van der Waals surface area contributed by atoms with Crippen molar-refractivity contribution in [3.8, 4) is 0 Å². The highest BCUT2D eigenvalue weighted by Crippen LogP contribution is 2.21. The Balaban J connectivity index is 1.92. The molecular formula is C17H17ClN4O2S. The molecular weight excluding hydrogens is 360 g/mol. The Labute approximate surface area is 151 Å². The molecule has 130 valence electrons. The zero-order chi connectivity index (χ0) is 17.9. The van der Waals surface area contributed by atoms with E-state index < -0.39 is 16.1 Å². The van der Waals surface area contributed by atoms with Gasteiger partial charge in [0.1, 0.15) is 6.33 Å². The summed E-state index contributed by atoms with van der Waals surface area (Å²) in [5.74, 6) is 0.543. The van der Waals surface area contributed by atoms with Crippen molar-refractivity contribution in [1.29, 1.82) is 0 Å². The molecule has 3 aromatic rings. The van der Waals surface area contributed by atoms with Crippen LogP contribution in [0.4, 0.5) is 0 Å². The second kappa shape index (κ2) is 7.35. The second-order valence-corrected chi connectivity index (χ2v) is 7.77. The summed E-state index contributed by atoms with van der Waals surface area (Å²) in [6.07, 6.45) is 2.00. The molecule has 0 fully saturated rings. The first-order valence-corrected chi connectivity index (χ1v) is 9.47. The van der Waals surface area contributed by atoms with E-state index in [2.05, 4.69) is 14.9 Å². The number of aryl methyl sites for hydroxylation is 1. The third-order valence-corrected chi connectivity index (χ3v) is 5.50. The summed E-state index contributed by atoms with van der Waals surface area (Å²) in [5.41, 5.74) is 0.995. The Kier molecular flexibility index (Phi) is 5.17. The van der Waals surface area contributed by atoms with Crippen LogP contribution in [0.5, 0.6) is 0 Å². The van der Waals surface area contributed by atoms with E-state index in [-0.39, 0.29) is 4.90 Å². The van der Waals surface area contributed by atoms with Gasteiger partial charge in [0.15, 0.2) is 5.82 Å². The van der Waals surface area contributed by atoms with Gasteiger partial charge in [-0.2, -0.15) is 0 Å². The van der Waals surface area contributed by atoms with Crippen LogP contribution in [-0.4, -0.2) is 23.2 Å². The van der Waals surface area contributed by atoms with Gasteiger partial charge in [0.05, 0.1) is 10.9 Å². The standard InChI is InChI=1S/C17H17ClN4O2S/c1-22-12-19-20-17(22)16(11-13-5-3-2-4-6-13)21-25(23,24)15-9-7-14(18)8-10-15/h2-10,12,16,21H,11H2,1H3. The van der Waals surface area contributed by atoms with Crippen molar-refractivity contribution in [3.63, 3.8) is 0 Å². The fourth-order valence-corrected chi connectivity index (χ4v) is 3.83. The minimum absolute atomic E-state index is 0.150. The first-order valence-electron chi connectivity index (χ1n) is 7.61. The zero-order valence-electron chi connectivity index (χ0n) is 13.5. The minimum Gasteiger partial charge on any atom is -0.319 e. The summed E-state index contributed by atoms with van der Waals surface area (Å²) in [5, 5.41) is 8.41. The Morgan fingerprint density at radius 1 is 1.12 bits per heavy atom. The van der Waals surface area contributed by atoms with E-state index >= 15 is 0 Å². The summed E-state index contributed by atoms with van der Waals surface area (Å²) in [4.78, 5) is 0.150. The zero-order valence-corrected chi connectivity index (χ0v) is 15.1. The summed E-state index contributed by atoms with van der Waals surface area (Å²) < 4.78 is 29.9. The largest absolute Gasteiger partial charge is 0.319 e. The lowest BCUT2D eigenvalue weighted by Crippen LogP contribution is -2.31. The molecule has 1 unspecified atom stereocenters. The molecule has 25 heavy (non-hydrogen) atoms. The number of halogens is 1. The lowest BCUT2D eigenvalue weighted by atomic mass is 10.1. The third kappa shape index (κ3) is 4.25. The van der Waals surface area contributed by atoms with Gasteiger partial charge in [-0.25, -0.2) is 13.1 Å². The predicted octanol–water partition coefficient (Wildman–Crippen LogP) is 2.73. The number of aromatic nitrogens is 3. The smallest absolute Gasteiger partial charge is 0.241 e. The maximum Gasteiger partial charge on any atom is 0.241 e. The van der Waals surface area contributed by atoms with Crippen molar-refractivity contribution >= 4 is 21.6 Å². The molecule has 0 bridgehead atoms. The van der Waals surface area contributed by atoms with E-state index in [1.165, 1.54) is 12.1 Å². The second-order valence-electron chi connectivity index (χ2n) is 5.62. The van der Waals surface area contributed by atoms with Crippen molar-refractivity contribution in [1.82, 2.24) is 19.5 Å². The van der Waals surface area contributed by atoms with Gasteiger partial charge in [-0.1, -0.05) is 41.9 Å². The summed E-state index contributed by atoms with van der Waals surface area (Å²) >= 11 is 5.84. The van der Waals surface area contributed by atoms with Crippen molar-refractivity contribution in [2.75, 3.05) is 0 Å². The van der Waals surface area contributed by atoms with Crippen LogP contribution in [-0.2, 0) is 23.5 Å². The molecule has 1 N–H and O–H groups in total. The molecule has 0 saturated carbocycles. The number of hydrogen-bond acceptors (Lipinski definition) is 4. The van der Waals surface area contributed by atoms with E-state index in [9.17, 15) is 8.42 Å². The normalized spacial score (nSPS) is 12.9. The molecule has 3 rings (SSSR count). The number of benzene rings is 2. The van der Waals surface area contributed by atoms with Gasteiger partial charge in [0.2, 0.25) is 10.0 Å². The molecule has 0 aliphatic rings. The number of hydrogen-bond donors (Lipinski definition) is 1. The van der Waals surface area contributed by atoms with E-state index in [0.29, 0.717) is 17.3 Å². The van der Waals surface area contributed by atoms with Gasteiger partial charge in [-0.15, -0.1) is 10.2 Å². The average molecular weight is 377 g/mol. The summed E-state index contributed by atoms with van der Waals surface area (Å²) in [7, 11) is -1.95. The Morgan fingerprint density at radius 2 is 1.80 bits per heavy atom. The fraction of sp³-hybridized carbons (Fsp3) is 0.176. The van der Waals surface area contributed by atoms with E-state index in [0.717, 1.165) is 5.56 Å². The fourth-order valence-electron chi connectivity index (χ4n) is 2.51. The maximum atomic E-state index is 12.7. The molecule has 0 radical (unpaired) electrons. The molecule has 2 aromatic carbocycles. The van der Waals surface area contributed by atoms with Gasteiger partial charge < -0.3 is 4.57 Å². The molecule has 0 aliphatic heterocycles. The molecule has 1 heterocycles. The van der Waals surface area contributed by atoms with Crippen LogP contribution in [0.25, 0.3) is 0 Å². The minimum atomic E-state index is -3.73. The van der Waals surface area contributed by atoms with Crippen LogP contribution in [0, 0.1) is 0 Å².